The molecule has 5 heterocycles. The van der Waals surface area contributed by atoms with Gasteiger partial charge in [-0.25, -0.2) is 10.0 Å². The summed E-state index contributed by atoms with van der Waals surface area (Å²) in [5.74, 6) is 4.16. The first-order valence-corrected chi connectivity index (χ1v) is 10.5. The highest BCUT2D eigenvalue weighted by atomic mass is 16.7. The Morgan fingerprint density at radius 1 is 0.742 bits per heavy atom. The molecule has 0 N–H and O–H groups in total. The van der Waals surface area contributed by atoms with Crippen LogP contribution in [-0.2, 0) is 17.6 Å². The summed E-state index contributed by atoms with van der Waals surface area (Å²) in [6, 6.07) is 4.12. The molecule has 9 nitrogen and oxygen atoms in total. The highest BCUT2D eigenvalue weighted by Crippen LogP contribution is 2.57. The SMILES string of the molecule is COc1c2c(cc3c1[C@@H]1O[C@H]4c5c(cc6c(c5OC)OCO6)CCN4N1CC3)OCO2. The van der Waals surface area contributed by atoms with Gasteiger partial charge in [-0.15, -0.1) is 0 Å². The molecule has 0 aromatic heterocycles. The lowest BCUT2D eigenvalue weighted by atomic mass is 9.96. The van der Waals surface area contributed by atoms with Crippen LogP contribution in [0.15, 0.2) is 12.1 Å². The van der Waals surface area contributed by atoms with Crippen molar-refractivity contribution >= 4 is 0 Å². The molecule has 0 spiro atoms. The Morgan fingerprint density at radius 3 is 1.68 bits per heavy atom. The van der Waals surface area contributed by atoms with Crippen LogP contribution in [0, 0.1) is 0 Å². The normalized spacial score (nSPS) is 25.0. The Hall–Kier alpha value is -2.88. The second-order valence-corrected chi connectivity index (χ2v) is 8.10. The second kappa shape index (κ2) is 6.32. The molecule has 0 aliphatic carbocycles. The van der Waals surface area contributed by atoms with Gasteiger partial charge in [0, 0.05) is 24.2 Å². The lowest BCUT2D eigenvalue weighted by Crippen LogP contribution is -2.45. The minimum absolute atomic E-state index is 0.205. The quantitative estimate of drug-likeness (QED) is 0.720. The first-order chi connectivity index (χ1) is 15.3. The zero-order valence-corrected chi connectivity index (χ0v) is 17.3. The van der Waals surface area contributed by atoms with Gasteiger partial charge >= 0.3 is 0 Å². The van der Waals surface area contributed by atoms with Crippen molar-refractivity contribution in [3.8, 4) is 34.5 Å². The Morgan fingerprint density at radius 2 is 1.23 bits per heavy atom. The van der Waals surface area contributed by atoms with Crippen LogP contribution in [0.25, 0.3) is 0 Å². The molecule has 2 atom stereocenters. The maximum atomic E-state index is 6.73. The molecule has 0 saturated carbocycles. The second-order valence-electron chi connectivity index (χ2n) is 8.10. The standard InChI is InChI=1S/C22H22N2O7/c1-25-19-15-11(7-13-17(19)29-9-27-13)3-5-23-21(15)31-22-16-12(4-6-24(22)23)8-14-18(20(16)26-2)30-10-28-14/h7-8,21-22H,3-6,9-10H2,1-2H3/t21-,22-/m0/s1. The fourth-order valence-electron chi connectivity index (χ4n) is 5.44. The zero-order valence-electron chi connectivity index (χ0n) is 17.3. The molecular formula is C22H22N2O7. The summed E-state index contributed by atoms with van der Waals surface area (Å²) in [6.07, 6.45) is 1.19. The first-order valence-electron chi connectivity index (χ1n) is 10.5. The number of nitrogens with zero attached hydrogens (tertiary/aromatic N) is 2. The van der Waals surface area contributed by atoms with Crippen molar-refractivity contribution in [2.24, 2.45) is 0 Å². The Balaban J connectivity index is 1.36. The van der Waals surface area contributed by atoms with Crippen LogP contribution in [0.2, 0.25) is 0 Å². The number of hydrogen-bond donors (Lipinski definition) is 0. The highest BCUT2D eigenvalue weighted by molar-refractivity contribution is 5.63. The third kappa shape index (κ3) is 2.25. The monoisotopic (exact) mass is 426 g/mol. The highest BCUT2D eigenvalue weighted by Gasteiger charge is 2.50. The van der Waals surface area contributed by atoms with Crippen molar-refractivity contribution in [1.82, 2.24) is 10.0 Å². The van der Waals surface area contributed by atoms with E-state index >= 15 is 0 Å². The molecule has 2 aromatic rings. The van der Waals surface area contributed by atoms with Gasteiger partial charge in [0.25, 0.3) is 0 Å². The summed E-state index contributed by atoms with van der Waals surface area (Å²) >= 11 is 0. The Bertz CT molecular complexity index is 1020. The van der Waals surface area contributed by atoms with Crippen LogP contribution in [0.3, 0.4) is 0 Å². The third-order valence-corrected chi connectivity index (χ3v) is 6.74. The summed E-state index contributed by atoms with van der Waals surface area (Å²) in [5, 5.41) is 4.59. The molecule has 162 valence electrons. The molecule has 0 bridgehead atoms. The van der Waals surface area contributed by atoms with E-state index < -0.39 is 0 Å². The minimum atomic E-state index is -0.278. The number of ether oxygens (including phenoxy) is 7. The van der Waals surface area contributed by atoms with Gasteiger partial charge in [0.1, 0.15) is 0 Å². The van der Waals surface area contributed by atoms with E-state index in [-0.39, 0.29) is 26.0 Å². The van der Waals surface area contributed by atoms with E-state index in [4.69, 9.17) is 33.2 Å². The summed E-state index contributed by atoms with van der Waals surface area (Å²) in [6.45, 7) is 2.10. The number of hydrogen-bond acceptors (Lipinski definition) is 9. The minimum Gasteiger partial charge on any atom is -0.492 e. The van der Waals surface area contributed by atoms with Crippen LogP contribution < -0.4 is 28.4 Å². The van der Waals surface area contributed by atoms with Gasteiger partial charge in [0.05, 0.1) is 14.2 Å². The van der Waals surface area contributed by atoms with Crippen molar-refractivity contribution in [3.63, 3.8) is 0 Å². The van der Waals surface area contributed by atoms with Crippen LogP contribution in [0.4, 0.5) is 0 Å². The summed E-state index contributed by atoms with van der Waals surface area (Å²) in [7, 11) is 3.33. The Kier molecular flexibility index (Phi) is 3.62. The molecule has 2 aromatic carbocycles. The smallest absolute Gasteiger partial charge is 0.231 e. The van der Waals surface area contributed by atoms with Crippen molar-refractivity contribution in [3.05, 3.63) is 34.4 Å². The predicted octanol–water partition coefficient (Wildman–Crippen LogP) is 2.52. The van der Waals surface area contributed by atoms with Gasteiger partial charge in [0.15, 0.2) is 35.5 Å². The van der Waals surface area contributed by atoms with Crippen molar-refractivity contribution < 1.29 is 33.2 Å². The molecule has 0 radical (unpaired) electrons. The number of rotatable bonds is 2. The van der Waals surface area contributed by atoms with E-state index in [0.29, 0.717) is 23.0 Å². The van der Waals surface area contributed by atoms with E-state index in [0.717, 1.165) is 48.6 Å². The average Bonchev–Trinajstić information content (AvgIpc) is 3.52. The van der Waals surface area contributed by atoms with E-state index in [1.807, 2.05) is 0 Å². The van der Waals surface area contributed by atoms with Crippen LogP contribution >= 0.6 is 0 Å². The maximum Gasteiger partial charge on any atom is 0.231 e. The first kappa shape index (κ1) is 17.8. The van der Waals surface area contributed by atoms with Crippen LogP contribution in [0.1, 0.15) is 34.7 Å². The lowest BCUT2D eigenvalue weighted by molar-refractivity contribution is -0.0374. The third-order valence-electron chi connectivity index (χ3n) is 6.74. The molecule has 0 amide bonds. The zero-order chi connectivity index (χ0) is 20.7. The Labute approximate surface area is 178 Å². The number of methoxy groups -OCH3 is 2. The number of fused-ring (bicyclic) bond motifs is 9. The molecule has 5 aliphatic rings. The van der Waals surface area contributed by atoms with Gasteiger partial charge in [-0.2, -0.15) is 0 Å². The van der Waals surface area contributed by atoms with Gasteiger partial charge in [-0.1, -0.05) is 0 Å². The molecule has 7 rings (SSSR count). The van der Waals surface area contributed by atoms with E-state index in [9.17, 15) is 0 Å². The molecule has 0 unspecified atom stereocenters. The fraction of sp³-hybridized carbons (Fsp3) is 0.455. The fourth-order valence-corrected chi connectivity index (χ4v) is 5.44. The lowest BCUT2D eigenvalue weighted by Gasteiger charge is -2.38. The number of hydrazine groups is 1. The van der Waals surface area contributed by atoms with E-state index in [1.54, 1.807) is 14.2 Å². The molecule has 9 heteroatoms. The topological polar surface area (TPSA) is 71.1 Å². The molecular weight excluding hydrogens is 404 g/mol. The average molecular weight is 426 g/mol. The van der Waals surface area contributed by atoms with Gasteiger partial charge in [-0.05, 0) is 36.1 Å². The molecule has 1 saturated heterocycles. The van der Waals surface area contributed by atoms with Gasteiger partial charge in [0.2, 0.25) is 25.1 Å². The van der Waals surface area contributed by atoms with E-state index in [2.05, 4.69) is 22.2 Å². The predicted molar refractivity (Wildman–Crippen MR) is 106 cm³/mol. The molecule has 1 fully saturated rings. The summed E-state index contributed by atoms with van der Waals surface area (Å²) in [4.78, 5) is 0. The van der Waals surface area contributed by atoms with Crippen molar-refractivity contribution in [2.45, 2.75) is 25.3 Å². The van der Waals surface area contributed by atoms with Gasteiger partial charge in [-0.3, -0.25) is 0 Å². The van der Waals surface area contributed by atoms with Gasteiger partial charge < -0.3 is 33.2 Å². The van der Waals surface area contributed by atoms with Crippen molar-refractivity contribution in [1.29, 1.82) is 0 Å². The molecule has 31 heavy (non-hydrogen) atoms. The number of benzene rings is 2. The van der Waals surface area contributed by atoms with Crippen LogP contribution in [-0.4, -0.2) is 50.9 Å². The summed E-state index contributed by atoms with van der Waals surface area (Å²) < 4.78 is 41.0. The van der Waals surface area contributed by atoms with Crippen LogP contribution in [0.5, 0.6) is 34.5 Å². The van der Waals surface area contributed by atoms with E-state index in [1.165, 1.54) is 11.1 Å². The summed E-state index contributed by atoms with van der Waals surface area (Å²) in [5.41, 5.74) is 4.35. The van der Waals surface area contributed by atoms with Crippen molar-refractivity contribution in [2.75, 3.05) is 40.9 Å². The largest absolute Gasteiger partial charge is 0.492 e. The molecule has 5 aliphatic heterocycles. The maximum absolute atomic E-state index is 6.73.